The molecule has 0 saturated heterocycles. The van der Waals surface area contributed by atoms with Crippen LogP contribution in [0.1, 0.15) is 43.4 Å². The molecule has 0 bridgehead atoms. The first-order valence-electron chi connectivity index (χ1n) is 8.19. The predicted molar refractivity (Wildman–Crippen MR) is 97.5 cm³/mol. The van der Waals surface area contributed by atoms with Crippen LogP contribution in [-0.4, -0.2) is 18.2 Å². The lowest BCUT2D eigenvalue weighted by Crippen LogP contribution is -2.26. The van der Waals surface area contributed by atoms with E-state index in [1.807, 2.05) is 25.1 Å². The zero-order valence-electron chi connectivity index (χ0n) is 15.0. The smallest absolute Gasteiger partial charge is 0.277 e. The first-order valence-corrected chi connectivity index (χ1v) is 8.19. The van der Waals surface area contributed by atoms with Crippen molar-refractivity contribution < 1.29 is 13.9 Å². The molecule has 2 aromatic carbocycles. The fraction of sp³-hybridized carbons (Fsp3) is 0.300. The number of aryl methyl sites for hydroxylation is 1. The summed E-state index contributed by atoms with van der Waals surface area (Å²) < 4.78 is 18.6. The van der Waals surface area contributed by atoms with E-state index in [0.29, 0.717) is 17.4 Å². The molecule has 0 radical (unpaired) electrons. The molecule has 0 heterocycles. The molecule has 25 heavy (non-hydrogen) atoms. The topological polar surface area (TPSA) is 50.7 Å². The maximum Gasteiger partial charge on any atom is 0.277 e. The van der Waals surface area contributed by atoms with E-state index in [-0.39, 0.29) is 18.3 Å². The zero-order chi connectivity index (χ0) is 18.4. The summed E-state index contributed by atoms with van der Waals surface area (Å²) in [4.78, 5) is 12.0. The van der Waals surface area contributed by atoms with Gasteiger partial charge in [0.05, 0.1) is 5.71 Å². The second kappa shape index (κ2) is 8.42. The lowest BCUT2D eigenvalue weighted by atomic mass is 10.0. The Kier molecular flexibility index (Phi) is 6.28. The number of ether oxygens (including phenoxy) is 1. The van der Waals surface area contributed by atoms with Gasteiger partial charge in [-0.2, -0.15) is 5.10 Å². The molecule has 0 aliphatic rings. The molecule has 0 aromatic heterocycles. The van der Waals surface area contributed by atoms with Gasteiger partial charge in [-0.15, -0.1) is 0 Å². The second-order valence-corrected chi connectivity index (χ2v) is 6.22. The molecule has 0 unspecified atom stereocenters. The van der Waals surface area contributed by atoms with Crippen molar-refractivity contribution in [3.8, 4) is 5.75 Å². The number of halogens is 1. The van der Waals surface area contributed by atoms with E-state index in [9.17, 15) is 9.18 Å². The Hall–Kier alpha value is -2.69. The van der Waals surface area contributed by atoms with E-state index in [1.54, 1.807) is 19.1 Å². The molecule has 1 amide bonds. The van der Waals surface area contributed by atoms with Gasteiger partial charge in [0.15, 0.2) is 6.61 Å². The van der Waals surface area contributed by atoms with Gasteiger partial charge in [-0.3, -0.25) is 4.79 Å². The standard InChI is InChI=1S/C20H23FN2O2/c1-13(2)18-10-5-14(3)11-19(18)25-12-20(24)23-22-15(4)16-6-8-17(21)9-7-16/h5-11,13H,12H2,1-4H3,(H,23,24)/b22-15+. The normalized spacial score (nSPS) is 11.5. The maximum absolute atomic E-state index is 12.9. The van der Waals surface area contributed by atoms with Crippen molar-refractivity contribution in [1.82, 2.24) is 5.43 Å². The van der Waals surface area contributed by atoms with E-state index in [1.165, 1.54) is 12.1 Å². The third kappa shape index (κ3) is 5.41. The lowest BCUT2D eigenvalue weighted by Gasteiger charge is -2.14. The summed E-state index contributed by atoms with van der Waals surface area (Å²) in [5.41, 5.74) is 5.92. The van der Waals surface area contributed by atoms with E-state index in [4.69, 9.17) is 4.74 Å². The summed E-state index contributed by atoms with van der Waals surface area (Å²) in [6.07, 6.45) is 0. The number of benzene rings is 2. The molecular weight excluding hydrogens is 319 g/mol. The van der Waals surface area contributed by atoms with Gasteiger partial charge in [0, 0.05) is 0 Å². The van der Waals surface area contributed by atoms with Crippen LogP contribution < -0.4 is 10.2 Å². The average molecular weight is 342 g/mol. The molecule has 2 aromatic rings. The summed E-state index contributed by atoms with van der Waals surface area (Å²) in [5, 5.41) is 4.03. The van der Waals surface area contributed by atoms with Gasteiger partial charge in [-0.05, 0) is 54.7 Å². The Bertz CT molecular complexity index is 768. The van der Waals surface area contributed by atoms with Crippen LogP contribution in [0.3, 0.4) is 0 Å². The van der Waals surface area contributed by atoms with Gasteiger partial charge in [0.1, 0.15) is 11.6 Å². The van der Waals surface area contributed by atoms with Crippen molar-refractivity contribution >= 4 is 11.6 Å². The molecule has 0 saturated carbocycles. The van der Waals surface area contributed by atoms with Gasteiger partial charge in [-0.1, -0.05) is 38.1 Å². The second-order valence-electron chi connectivity index (χ2n) is 6.22. The molecule has 0 atom stereocenters. The van der Waals surface area contributed by atoms with E-state index in [2.05, 4.69) is 24.4 Å². The average Bonchev–Trinajstić information content (AvgIpc) is 2.58. The Labute approximate surface area is 147 Å². The van der Waals surface area contributed by atoms with E-state index < -0.39 is 0 Å². The quantitative estimate of drug-likeness (QED) is 0.632. The van der Waals surface area contributed by atoms with Crippen LogP contribution in [0.15, 0.2) is 47.6 Å². The summed E-state index contributed by atoms with van der Waals surface area (Å²) in [5.74, 6) is 0.354. The van der Waals surface area contributed by atoms with Crippen molar-refractivity contribution in [2.24, 2.45) is 5.10 Å². The van der Waals surface area contributed by atoms with Crippen LogP contribution >= 0.6 is 0 Å². The van der Waals surface area contributed by atoms with Crippen molar-refractivity contribution in [2.45, 2.75) is 33.6 Å². The van der Waals surface area contributed by atoms with Gasteiger partial charge < -0.3 is 4.74 Å². The van der Waals surface area contributed by atoms with Crippen molar-refractivity contribution in [2.75, 3.05) is 6.61 Å². The summed E-state index contributed by atoms with van der Waals surface area (Å²) >= 11 is 0. The Balaban J connectivity index is 1.96. The van der Waals surface area contributed by atoms with Crippen LogP contribution in [0.2, 0.25) is 0 Å². The maximum atomic E-state index is 12.9. The molecule has 0 fully saturated rings. The number of hydrogen-bond donors (Lipinski definition) is 1. The van der Waals surface area contributed by atoms with Gasteiger partial charge in [-0.25, -0.2) is 9.82 Å². The SMILES string of the molecule is C/C(=N\NC(=O)COc1cc(C)ccc1C(C)C)c1ccc(F)cc1. The number of hydrogen-bond acceptors (Lipinski definition) is 3. The van der Waals surface area contributed by atoms with Crippen LogP contribution in [0, 0.1) is 12.7 Å². The number of carbonyl (C=O) groups is 1. The number of nitrogens with one attached hydrogen (secondary N) is 1. The molecule has 5 heteroatoms. The Morgan fingerprint density at radius 2 is 1.88 bits per heavy atom. The number of amides is 1. The van der Waals surface area contributed by atoms with Crippen LogP contribution in [0.5, 0.6) is 5.75 Å². The van der Waals surface area contributed by atoms with E-state index in [0.717, 1.165) is 16.7 Å². The summed E-state index contributed by atoms with van der Waals surface area (Å²) in [6, 6.07) is 11.9. The third-order valence-corrected chi connectivity index (χ3v) is 3.76. The largest absolute Gasteiger partial charge is 0.483 e. The van der Waals surface area contributed by atoms with Gasteiger partial charge >= 0.3 is 0 Å². The fourth-order valence-electron chi connectivity index (χ4n) is 2.32. The summed E-state index contributed by atoms with van der Waals surface area (Å²) in [7, 11) is 0. The highest BCUT2D eigenvalue weighted by Gasteiger charge is 2.10. The fourth-order valence-corrected chi connectivity index (χ4v) is 2.32. The van der Waals surface area contributed by atoms with Crippen molar-refractivity contribution in [3.05, 3.63) is 65.0 Å². The van der Waals surface area contributed by atoms with Gasteiger partial charge in [0.2, 0.25) is 0 Å². The highest BCUT2D eigenvalue weighted by molar-refractivity contribution is 5.99. The Morgan fingerprint density at radius 1 is 1.20 bits per heavy atom. The molecular formula is C20H23FN2O2. The van der Waals surface area contributed by atoms with E-state index >= 15 is 0 Å². The number of carbonyl (C=O) groups excluding carboxylic acids is 1. The minimum atomic E-state index is -0.349. The highest BCUT2D eigenvalue weighted by atomic mass is 19.1. The highest BCUT2D eigenvalue weighted by Crippen LogP contribution is 2.27. The predicted octanol–water partition coefficient (Wildman–Crippen LogP) is 4.18. The lowest BCUT2D eigenvalue weighted by molar-refractivity contribution is -0.123. The number of hydrazone groups is 1. The number of rotatable bonds is 6. The van der Waals surface area contributed by atoms with Crippen LogP contribution in [0.4, 0.5) is 4.39 Å². The molecule has 1 N–H and O–H groups in total. The van der Waals surface area contributed by atoms with Crippen molar-refractivity contribution in [3.63, 3.8) is 0 Å². The van der Waals surface area contributed by atoms with Crippen molar-refractivity contribution in [1.29, 1.82) is 0 Å². The van der Waals surface area contributed by atoms with Gasteiger partial charge in [0.25, 0.3) is 5.91 Å². The third-order valence-electron chi connectivity index (χ3n) is 3.76. The van der Waals surface area contributed by atoms with Crippen LogP contribution in [0.25, 0.3) is 0 Å². The van der Waals surface area contributed by atoms with Crippen LogP contribution in [-0.2, 0) is 4.79 Å². The molecule has 4 nitrogen and oxygen atoms in total. The minimum absolute atomic E-state index is 0.122. The monoisotopic (exact) mass is 342 g/mol. The first-order chi connectivity index (χ1) is 11.9. The Morgan fingerprint density at radius 3 is 2.52 bits per heavy atom. The minimum Gasteiger partial charge on any atom is -0.483 e. The first kappa shape index (κ1) is 18.6. The molecule has 0 aliphatic carbocycles. The zero-order valence-corrected chi connectivity index (χ0v) is 15.0. The summed E-state index contributed by atoms with van der Waals surface area (Å²) in [6.45, 7) is 7.75. The molecule has 0 aliphatic heterocycles. The molecule has 2 rings (SSSR count). The molecule has 132 valence electrons. The molecule has 0 spiro atoms. The number of nitrogens with zero attached hydrogens (tertiary/aromatic N) is 1.